The number of morpholine rings is 1. The number of aromatic nitrogens is 1. The molecular weight excluding hydrogens is 295 g/mol. The van der Waals surface area contributed by atoms with Crippen LogP contribution in [0.15, 0.2) is 42.3 Å². The highest BCUT2D eigenvalue weighted by Crippen LogP contribution is 2.32. The molecule has 22 heavy (non-hydrogen) atoms. The number of alkyl halides is 3. The molecule has 0 radical (unpaired) electrons. The molecule has 2 aliphatic rings. The lowest BCUT2D eigenvalue weighted by molar-refractivity contribution is -0.137. The number of anilines is 1. The first-order chi connectivity index (χ1) is 10.6. The van der Waals surface area contributed by atoms with Gasteiger partial charge in [0.15, 0.2) is 0 Å². The molecule has 7 heteroatoms. The summed E-state index contributed by atoms with van der Waals surface area (Å²) in [6.45, 7) is 2.46. The van der Waals surface area contributed by atoms with Gasteiger partial charge in [-0.1, -0.05) is 12.2 Å². The average molecular weight is 311 g/mol. The van der Waals surface area contributed by atoms with Crippen molar-refractivity contribution in [3.8, 4) is 0 Å². The highest BCUT2D eigenvalue weighted by molar-refractivity contribution is 5.52. The second-order valence-electron chi connectivity index (χ2n) is 5.09. The quantitative estimate of drug-likeness (QED) is 0.910. The van der Waals surface area contributed by atoms with Gasteiger partial charge in [0, 0.05) is 31.5 Å². The third-order valence-electron chi connectivity index (χ3n) is 3.61. The molecule has 3 heterocycles. The first-order valence-electron chi connectivity index (χ1n) is 7.05. The lowest BCUT2D eigenvalue weighted by Gasteiger charge is -2.34. The van der Waals surface area contributed by atoms with Crippen LogP contribution in [0.2, 0.25) is 0 Å². The van der Waals surface area contributed by atoms with Gasteiger partial charge in [0.25, 0.3) is 0 Å². The minimum Gasteiger partial charge on any atom is -0.369 e. The Hall–Kier alpha value is -1.86. The van der Waals surface area contributed by atoms with Gasteiger partial charge in [0.05, 0.1) is 12.2 Å². The number of nitrogens with zero attached hydrogens (tertiary/aromatic N) is 2. The Morgan fingerprint density at radius 2 is 2.23 bits per heavy atom. The van der Waals surface area contributed by atoms with Crippen LogP contribution in [-0.4, -0.2) is 37.3 Å². The number of hydrogen-bond acceptors (Lipinski definition) is 4. The Bertz CT molecular complexity index is 592. The Morgan fingerprint density at radius 3 is 2.95 bits per heavy atom. The van der Waals surface area contributed by atoms with Gasteiger partial charge < -0.3 is 15.0 Å². The van der Waals surface area contributed by atoms with Crippen LogP contribution in [0, 0.1) is 0 Å². The van der Waals surface area contributed by atoms with Crippen molar-refractivity contribution in [3.05, 3.63) is 47.8 Å². The van der Waals surface area contributed by atoms with Crippen molar-refractivity contribution in [2.75, 3.05) is 31.1 Å². The van der Waals surface area contributed by atoms with Gasteiger partial charge in [-0.3, -0.25) is 0 Å². The highest BCUT2D eigenvalue weighted by Gasteiger charge is 2.32. The van der Waals surface area contributed by atoms with E-state index >= 15 is 0 Å². The van der Waals surface area contributed by atoms with Gasteiger partial charge in [-0.2, -0.15) is 13.2 Å². The summed E-state index contributed by atoms with van der Waals surface area (Å²) in [4.78, 5) is 5.85. The number of rotatable bonds is 2. The van der Waals surface area contributed by atoms with Gasteiger partial charge in [-0.05, 0) is 18.2 Å². The molecule has 1 fully saturated rings. The molecule has 0 spiro atoms. The number of pyridine rings is 1. The first-order valence-corrected chi connectivity index (χ1v) is 7.05. The fourth-order valence-electron chi connectivity index (χ4n) is 2.53. The fraction of sp³-hybridized carbons (Fsp3) is 0.400. The zero-order valence-electron chi connectivity index (χ0n) is 11.8. The molecular formula is C15H16F3N3O. The van der Waals surface area contributed by atoms with Crippen molar-refractivity contribution in [2.45, 2.75) is 12.3 Å². The van der Waals surface area contributed by atoms with Crippen molar-refractivity contribution in [1.82, 2.24) is 10.3 Å². The summed E-state index contributed by atoms with van der Waals surface area (Å²) in [5.41, 5.74) is 0.121. The molecule has 118 valence electrons. The molecule has 0 aromatic carbocycles. The third kappa shape index (κ3) is 3.15. The van der Waals surface area contributed by atoms with Crippen molar-refractivity contribution < 1.29 is 17.9 Å². The molecule has 1 N–H and O–H groups in total. The summed E-state index contributed by atoms with van der Waals surface area (Å²) in [5, 5.41) is 3.22. The molecule has 2 aliphatic heterocycles. The standard InChI is InChI=1S/C15H16F3N3O/c16-15(17,18)11-4-5-20-14(9-11)21-7-2-1-3-12(21)13-10-19-6-8-22-13/h1-5,9,13,19H,6-8,10H2/t13-/m1/s1. The maximum atomic E-state index is 12.9. The van der Waals surface area contributed by atoms with E-state index in [0.29, 0.717) is 19.7 Å². The smallest absolute Gasteiger partial charge is 0.369 e. The van der Waals surface area contributed by atoms with Crippen molar-refractivity contribution in [2.24, 2.45) is 0 Å². The zero-order valence-corrected chi connectivity index (χ0v) is 11.8. The molecule has 4 nitrogen and oxygen atoms in total. The monoisotopic (exact) mass is 311 g/mol. The fourth-order valence-corrected chi connectivity index (χ4v) is 2.53. The van der Waals surface area contributed by atoms with Crippen LogP contribution in [0.5, 0.6) is 0 Å². The van der Waals surface area contributed by atoms with Crippen LogP contribution in [-0.2, 0) is 10.9 Å². The zero-order chi connectivity index (χ0) is 15.6. The average Bonchev–Trinajstić information content (AvgIpc) is 2.55. The van der Waals surface area contributed by atoms with Crippen LogP contribution in [0.25, 0.3) is 0 Å². The predicted molar refractivity (Wildman–Crippen MR) is 76.4 cm³/mol. The summed E-state index contributed by atoms with van der Waals surface area (Å²) in [6, 6.07) is 2.05. The number of halogens is 3. The van der Waals surface area contributed by atoms with E-state index in [1.165, 1.54) is 6.20 Å². The normalized spacial score (nSPS) is 22.6. The van der Waals surface area contributed by atoms with E-state index in [4.69, 9.17) is 4.74 Å². The minimum absolute atomic E-state index is 0.185. The van der Waals surface area contributed by atoms with Crippen molar-refractivity contribution >= 4 is 5.82 Å². The molecule has 0 unspecified atom stereocenters. The molecule has 1 aromatic heterocycles. The first kappa shape index (κ1) is 15.1. The SMILES string of the molecule is FC(F)(F)c1ccnc(N2CC=CC=C2[C@H]2CNCCO2)c1. The largest absolute Gasteiger partial charge is 0.416 e. The molecule has 3 rings (SSSR count). The van der Waals surface area contributed by atoms with E-state index in [2.05, 4.69) is 10.3 Å². The lowest BCUT2D eigenvalue weighted by atomic mass is 10.1. The maximum absolute atomic E-state index is 12.9. The Morgan fingerprint density at radius 1 is 1.36 bits per heavy atom. The van der Waals surface area contributed by atoms with Crippen LogP contribution in [0.1, 0.15) is 5.56 Å². The highest BCUT2D eigenvalue weighted by atomic mass is 19.4. The van der Waals surface area contributed by atoms with Gasteiger partial charge >= 0.3 is 6.18 Å². The molecule has 0 bridgehead atoms. The topological polar surface area (TPSA) is 37.4 Å². The summed E-state index contributed by atoms with van der Waals surface area (Å²) in [7, 11) is 0. The molecule has 0 amide bonds. The van der Waals surface area contributed by atoms with E-state index in [1.54, 1.807) is 4.90 Å². The van der Waals surface area contributed by atoms with E-state index in [1.807, 2.05) is 18.2 Å². The second-order valence-corrected chi connectivity index (χ2v) is 5.09. The Labute approximate surface area is 126 Å². The molecule has 1 aromatic rings. The van der Waals surface area contributed by atoms with E-state index in [9.17, 15) is 13.2 Å². The number of hydrogen-bond donors (Lipinski definition) is 1. The minimum atomic E-state index is -4.38. The lowest BCUT2D eigenvalue weighted by Crippen LogP contribution is -2.44. The van der Waals surface area contributed by atoms with Gasteiger partial charge in [0.2, 0.25) is 0 Å². The second kappa shape index (κ2) is 6.10. The van der Waals surface area contributed by atoms with E-state index in [-0.39, 0.29) is 11.9 Å². The molecule has 0 aliphatic carbocycles. The molecule has 1 atom stereocenters. The Balaban J connectivity index is 1.89. The summed E-state index contributed by atoms with van der Waals surface area (Å²) in [6.07, 6.45) is 2.25. The van der Waals surface area contributed by atoms with Crippen LogP contribution in [0.3, 0.4) is 0 Å². The number of allylic oxidation sites excluding steroid dienone is 2. The van der Waals surface area contributed by atoms with Crippen LogP contribution < -0.4 is 10.2 Å². The summed E-state index contributed by atoms with van der Waals surface area (Å²) >= 11 is 0. The predicted octanol–water partition coefficient (Wildman–Crippen LogP) is 2.35. The van der Waals surface area contributed by atoms with E-state index in [0.717, 1.165) is 24.4 Å². The summed E-state index contributed by atoms with van der Waals surface area (Å²) in [5.74, 6) is 0.277. The number of nitrogens with one attached hydrogen (secondary N) is 1. The Kier molecular flexibility index (Phi) is 4.17. The summed E-state index contributed by atoms with van der Waals surface area (Å²) < 4.78 is 44.3. The molecule has 0 saturated carbocycles. The van der Waals surface area contributed by atoms with Crippen LogP contribution >= 0.6 is 0 Å². The van der Waals surface area contributed by atoms with Gasteiger partial charge in [-0.15, -0.1) is 0 Å². The number of ether oxygens (including phenoxy) is 1. The maximum Gasteiger partial charge on any atom is 0.416 e. The van der Waals surface area contributed by atoms with Crippen molar-refractivity contribution in [1.29, 1.82) is 0 Å². The molecule has 1 saturated heterocycles. The van der Waals surface area contributed by atoms with Gasteiger partial charge in [-0.25, -0.2) is 4.98 Å². The van der Waals surface area contributed by atoms with Crippen molar-refractivity contribution in [3.63, 3.8) is 0 Å². The van der Waals surface area contributed by atoms with Crippen LogP contribution in [0.4, 0.5) is 19.0 Å². The third-order valence-corrected chi connectivity index (χ3v) is 3.61. The van der Waals surface area contributed by atoms with E-state index < -0.39 is 11.7 Å². The van der Waals surface area contributed by atoms with Gasteiger partial charge in [0.1, 0.15) is 11.9 Å².